The second-order valence-electron chi connectivity index (χ2n) is 12.7. The Hall–Kier alpha value is -4.01. The third-order valence-corrected chi connectivity index (χ3v) is 12.6. The summed E-state index contributed by atoms with van der Waals surface area (Å²) >= 11 is 0. The Bertz CT molecular complexity index is 1720. The van der Waals surface area contributed by atoms with E-state index in [1.807, 2.05) is 0 Å². The highest BCUT2D eigenvalue weighted by Crippen LogP contribution is 2.51. The monoisotopic (exact) mass is 631 g/mol. The summed E-state index contributed by atoms with van der Waals surface area (Å²) < 4.78 is 7.57. The van der Waals surface area contributed by atoms with Gasteiger partial charge in [-0.15, -0.1) is 0 Å². The summed E-state index contributed by atoms with van der Waals surface area (Å²) in [4.78, 5) is 2.78. The highest BCUT2D eigenvalue weighted by molar-refractivity contribution is 7.77. The van der Waals surface area contributed by atoms with E-state index in [1.54, 1.807) is 5.57 Å². The summed E-state index contributed by atoms with van der Waals surface area (Å²) in [5, 5.41) is 4.31. The maximum absolute atomic E-state index is 7.57. The van der Waals surface area contributed by atoms with Gasteiger partial charge in [0.1, 0.15) is 5.60 Å². The predicted octanol–water partition coefficient (Wildman–Crippen LogP) is 8.68. The summed E-state index contributed by atoms with van der Waals surface area (Å²) in [5.41, 5.74) is 4.52. The molecule has 234 valence electrons. The molecule has 2 nitrogen and oxygen atoms in total. The van der Waals surface area contributed by atoms with Crippen molar-refractivity contribution in [3.8, 4) is 0 Å². The number of likely N-dealkylation sites (tertiary alicyclic amines) is 1. The molecule has 2 aliphatic rings. The summed E-state index contributed by atoms with van der Waals surface area (Å²) in [6, 6.07) is 55.4. The first-order valence-corrected chi connectivity index (χ1v) is 18.4. The smallest absolute Gasteiger partial charge is 0.325 e. The molecule has 47 heavy (non-hydrogen) atoms. The van der Waals surface area contributed by atoms with Gasteiger partial charge in [-0.25, -0.2) is 0 Å². The molecule has 1 aliphatic heterocycles. The van der Waals surface area contributed by atoms with E-state index in [1.165, 1.54) is 32.5 Å². The number of hydrogen-bond acceptors (Lipinski definition) is 2. The van der Waals surface area contributed by atoms with E-state index in [2.05, 4.69) is 182 Å². The van der Waals surface area contributed by atoms with Crippen molar-refractivity contribution in [1.82, 2.24) is 4.90 Å². The van der Waals surface area contributed by atoms with Crippen LogP contribution < -0.4 is 16.1 Å². The molecule has 0 aromatic heterocycles. The fraction of sp³-hybridized carbons (Fsp3) is 0.209. The average Bonchev–Trinajstić information content (AvgIpc) is 3.84. The van der Waals surface area contributed by atoms with Crippen LogP contribution in [0.4, 0.5) is 0 Å². The Morgan fingerprint density at radius 2 is 1.19 bits per heavy atom. The zero-order chi connectivity index (χ0) is 32.1. The van der Waals surface area contributed by atoms with Crippen molar-refractivity contribution >= 4 is 30.9 Å². The minimum Gasteiger partial charge on any atom is -0.417 e. The van der Waals surface area contributed by atoms with Gasteiger partial charge in [-0.1, -0.05) is 171 Å². The Balaban J connectivity index is 1.35. The van der Waals surface area contributed by atoms with Gasteiger partial charge >= 0.3 is 6.92 Å². The van der Waals surface area contributed by atoms with Crippen molar-refractivity contribution in [1.29, 1.82) is 0 Å². The molecule has 1 heterocycles. The maximum Gasteiger partial charge on any atom is 0.325 e. The molecule has 7 rings (SSSR count). The van der Waals surface area contributed by atoms with Crippen LogP contribution in [-0.4, -0.2) is 30.4 Å². The molecule has 0 amide bonds. The minimum atomic E-state index is -0.677. The van der Waals surface area contributed by atoms with Crippen LogP contribution in [0.25, 0.3) is 0 Å². The van der Waals surface area contributed by atoms with Crippen LogP contribution in [0.3, 0.4) is 0 Å². The van der Waals surface area contributed by atoms with Crippen LogP contribution in [0, 0.1) is 0 Å². The van der Waals surface area contributed by atoms with Gasteiger partial charge < -0.3 is 4.65 Å². The lowest BCUT2D eigenvalue weighted by Crippen LogP contribution is -2.56. The Morgan fingerprint density at radius 3 is 1.72 bits per heavy atom. The molecule has 5 aromatic carbocycles. The van der Waals surface area contributed by atoms with E-state index < -0.39 is 13.5 Å². The molecule has 1 saturated heterocycles. The van der Waals surface area contributed by atoms with Crippen molar-refractivity contribution in [2.24, 2.45) is 0 Å². The molecule has 1 aliphatic carbocycles. The number of benzene rings is 5. The van der Waals surface area contributed by atoms with E-state index in [0.717, 1.165) is 25.8 Å². The topological polar surface area (TPSA) is 12.5 Å². The Labute approximate surface area is 282 Å². The average molecular weight is 632 g/mol. The summed E-state index contributed by atoms with van der Waals surface area (Å²) in [5.74, 6) is 0. The first-order valence-electron chi connectivity index (χ1n) is 17.1. The normalized spacial score (nSPS) is 17.4. The van der Waals surface area contributed by atoms with Crippen molar-refractivity contribution in [2.45, 2.75) is 50.7 Å². The largest absolute Gasteiger partial charge is 0.417 e. The molecule has 0 radical (unpaired) electrons. The van der Waals surface area contributed by atoms with Crippen LogP contribution in [0.2, 0.25) is 6.82 Å². The third kappa shape index (κ3) is 6.33. The lowest BCUT2D eigenvalue weighted by Gasteiger charge is -2.47. The van der Waals surface area contributed by atoms with Crippen molar-refractivity contribution < 1.29 is 4.65 Å². The highest BCUT2D eigenvalue weighted by atomic mass is 31.1. The van der Waals surface area contributed by atoms with Gasteiger partial charge in [-0.2, -0.15) is 0 Å². The van der Waals surface area contributed by atoms with Gasteiger partial charge in [-0.05, 0) is 78.7 Å². The Kier molecular flexibility index (Phi) is 9.68. The molecule has 0 saturated carbocycles. The van der Waals surface area contributed by atoms with Crippen molar-refractivity contribution in [3.63, 3.8) is 0 Å². The highest BCUT2D eigenvalue weighted by Gasteiger charge is 2.50. The minimum absolute atomic E-state index is 0.0960. The van der Waals surface area contributed by atoms with E-state index in [-0.39, 0.29) is 19.0 Å². The zero-order valence-corrected chi connectivity index (χ0v) is 28.3. The summed E-state index contributed by atoms with van der Waals surface area (Å²) in [7, 11) is -0.677. The lowest BCUT2D eigenvalue weighted by atomic mass is 9.61. The van der Waals surface area contributed by atoms with Gasteiger partial charge in [-0.3, -0.25) is 4.90 Å². The SMILES string of the molecule is CB(OC(c1ccccc1)(c1ccccc1)C1CCCN1[C@H](C)C1=C(P(c2ccccc2)c2ccccc2)C=CC1)c1ccccc1. The standard InChI is InChI=1S/C43H43BNOP/c1-34(40-30-18-31-41(40)47(38-26-14-6-15-27-38)39-28-16-7-17-29-39)45-33-19-32-42(45)43(35-20-8-3-9-21-35,36-22-10-4-11-23-36)46-44(2)37-24-12-5-13-25-37/h3-18,20-29,31,34,42H,19,30,32-33H2,1-2H3/t34-,42?/m1/s1. The second-order valence-corrected chi connectivity index (χ2v) is 14.9. The lowest BCUT2D eigenvalue weighted by molar-refractivity contribution is 0.00952. The van der Waals surface area contributed by atoms with E-state index in [0.29, 0.717) is 0 Å². The molecular formula is C43H43BNOP. The van der Waals surface area contributed by atoms with Crippen LogP contribution in [0.1, 0.15) is 37.3 Å². The van der Waals surface area contributed by atoms with E-state index in [4.69, 9.17) is 4.65 Å². The van der Waals surface area contributed by atoms with E-state index >= 15 is 0 Å². The number of hydrogen-bond donors (Lipinski definition) is 0. The fourth-order valence-electron chi connectivity index (χ4n) is 7.79. The molecule has 0 bridgehead atoms. The zero-order valence-electron chi connectivity index (χ0n) is 27.5. The summed E-state index contributed by atoms with van der Waals surface area (Å²) in [6.45, 7) is 5.61. The first-order chi connectivity index (χ1) is 23.2. The van der Waals surface area contributed by atoms with Crippen molar-refractivity contribution in [3.05, 3.63) is 186 Å². The maximum atomic E-state index is 7.57. The molecule has 2 atom stereocenters. The molecular weight excluding hydrogens is 588 g/mol. The van der Waals surface area contributed by atoms with Crippen LogP contribution >= 0.6 is 7.92 Å². The molecule has 1 unspecified atom stereocenters. The molecule has 5 aromatic rings. The quantitative estimate of drug-likeness (QED) is 0.107. The molecule has 1 fully saturated rings. The molecule has 0 spiro atoms. The number of rotatable bonds is 11. The molecule has 0 N–H and O–H groups in total. The van der Waals surface area contributed by atoms with Crippen LogP contribution in [0.5, 0.6) is 0 Å². The number of nitrogens with zero attached hydrogens (tertiary/aromatic N) is 1. The van der Waals surface area contributed by atoms with Gasteiger partial charge in [0, 0.05) is 12.1 Å². The van der Waals surface area contributed by atoms with Crippen LogP contribution in [0.15, 0.2) is 175 Å². The van der Waals surface area contributed by atoms with Gasteiger partial charge in [0.25, 0.3) is 0 Å². The Morgan fingerprint density at radius 1 is 0.702 bits per heavy atom. The van der Waals surface area contributed by atoms with Gasteiger partial charge in [0.2, 0.25) is 0 Å². The van der Waals surface area contributed by atoms with Gasteiger partial charge in [0.05, 0.1) is 0 Å². The fourth-order valence-corrected chi connectivity index (χ4v) is 10.4. The predicted molar refractivity (Wildman–Crippen MR) is 201 cm³/mol. The summed E-state index contributed by atoms with van der Waals surface area (Å²) in [6.07, 6.45) is 8.02. The van der Waals surface area contributed by atoms with Gasteiger partial charge in [0.15, 0.2) is 0 Å². The van der Waals surface area contributed by atoms with E-state index in [9.17, 15) is 0 Å². The number of allylic oxidation sites excluding steroid dienone is 3. The second kappa shape index (κ2) is 14.4. The molecule has 4 heteroatoms. The third-order valence-electron chi connectivity index (χ3n) is 10.0. The van der Waals surface area contributed by atoms with Crippen molar-refractivity contribution in [2.75, 3.05) is 6.54 Å². The first kappa shape index (κ1) is 31.6. The van der Waals surface area contributed by atoms with Crippen LogP contribution in [-0.2, 0) is 10.3 Å².